The predicted molar refractivity (Wildman–Crippen MR) is 141 cm³/mol. The molecule has 0 atom stereocenters. The lowest BCUT2D eigenvalue weighted by Crippen LogP contribution is -2.19. The first-order valence-corrected chi connectivity index (χ1v) is 12.9. The second kappa shape index (κ2) is 14.3. The van der Waals surface area contributed by atoms with Crippen molar-refractivity contribution in [1.82, 2.24) is 0 Å². The third-order valence-electron chi connectivity index (χ3n) is 6.91. The largest absolute Gasteiger partial charge is 0.463 e. The zero-order chi connectivity index (χ0) is 24.9. The molecule has 0 saturated heterocycles. The van der Waals surface area contributed by atoms with Crippen LogP contribution in [0.25, 0.3) is 11.1 Å². The number of esters is 2. The predicted octanol–water partition coefficient (Wildman–Crippen LogP) is 7.19. The van der Waals surface area contributed by atoms with Crippen LogP contribution in [0.5, 0.6) is 0 Å². The number of unbranched alkanes of at least 4 members (excludes halogenated alkanes) is 3. The van der Waals surface area contributed by atoms with Crippen molar-refractivity contribution in [3.05, 3.63) is 85.0 Å². The Morgan fingerprint density at radius 2 is 1.31 bits per heavy atom. The van der Waals surface area contributed by atoms with E-state index in [1.807, 2.05) is 0 Å². The monoisotopic (exact) mass is 474 g/mol. The highest BCUT2D eigenvalue weighted by Gasteiger charge is 2.23. The topological polar surface area (TPSA) is 52.6 Å². The molecule has 0 heterocycles. The van der Waals surface area contributed by atoms with Crippen LogP contribution in [0.15, 0.2) is 73.8 Å². The summed E-state index contributed by atoms with van der Waals surface area (Å²) in [7, 11) is 0. The molecule has 2 aromatic rings. The fourth-order valence-electron chi connectivity index (χ4n) is 4.75. The highest BCUT2D eigenvalue weighted by atomic mass is 16.5. The lowest BCUT2D eigenvalue weighted by Gasteiger charge is -2.28. The summed E-state index contributed by atoms with van der Waals surface area (Å²) in [6.07, 6.45) is 12.2. The Kier molecular flexibility index (Phi) is 10.8. The average Bonchev–Trinajstić information content (AvgIpc) is 2.91. The Bertz CT molecular complexity index is 950. The van der Waals surface area contributed by atoms with Crippen molar-refractivity contribution in [3.8, 4) is 11.1 Å². The molecule has 2 aromatic carbocycles. The lowest BCUT2D eigenvalue weighted by atomic mass is 9.79. The summed E-state index contributed by atoms with van der Waals surface area (Å²) in [4.78, 5) is 22.3. The summed E-state index contributed by atoms with van der Waals surface area (Å²) >= 11 is 0. The van der Waals surface area contributed by atoms with E-state index in [1.165, 1.54) is 34.4 Å². The molecule has 0 radical (unpaired) electrons. The fraction of sp³-hybridized carbons (Fsp3) is 0.419. The standard InChI is InChI=1S/C31H38O4/c1-3-30(32)34-22-8-6-5-7-9-24-10-14-26(15-11-24)28-18-20-29(21-19-28)27-16-12-25(13-17-27)23-35-31(33)4-2/h3-4,10-11,14-15,18-21,25,27H,1-2,5-9,12-13,16-17,22-23H2. The van der Waals surface area contributed by atoms with Crippen LogP contribution in [0, 0.1) is 5.92 Å². The molecule has 0 aromatic heterocycles. The van der Waals surface area contributed by atoms with Gasteiger partial charge in [0.05, 0.1) is 13.2 Å². The molecule has 0 amide bonds. The van der Waals surface area contributed by atoms with Gasteiger partial charge in [-0.1, -0.05) is 74.5 Å². The van der Waals surface area contributed by atoms with Crippen molar-refractivity contribution in [2.75, 3.05) is 13.2 Å². The van der Waals surface area contributed by atoms with Crippen LogP contribution in [0.4, 0.5) is 0 Å². The van der Waals surface area contributed by atoms with Gasteiger partial charge in [-0.2, -0.15) is 0 Å². The Hall–Kier alpha value is -3.14. The molecule has 0 unspecified atom stereocenters. The van der Waals surface area contributed by atoms with Gasteiger partial charge in [-0.3, -0.25) is 0 Å². The molecule has 1 fully saturated rings. The third kappa shape index (κ3) is 8.86. The number of hydrogen-bond acceptors (Lipinski definition) is 4. The summed E-state index contributed by atoms with van der Waals surface area (Å²) in [6, 6.07) is 17.9. The Balaban J connectivity index is 1.38. The average molecular weight is 475 g/mol. The molecule has 0 bridgehead atoms. The van der Waals surface area contributed by atoms with Crippen LogP contribution in [0.1, 0.15) is 68.4 Å². The summed E-state index contributed by atoms with van der Waals surface area (Å²) in [5, 5.41) is 0. The molecule has 0 spiro atoms. The van der Waals surface area contributed by atoms with E-state index < -0.39 is 0 Å². The van der Waals surface area contributed by atoms with Gasteiger partial charge in [0.15, 0.2) is 0 Å². The number of rotatable bonds is 13. The van der Waals surface area contributed by atoms with E-state index in [0.29, 0.717) is 25.0 Å². The van der Waals surface area contributed by atoms with Crippen molar-refractivity contribution in [3.63, 3.8) is 0 Å². The fourth-order valence-corrected chi connectivity index (χ4v) is 4.75. The van der Waals surface area contributed by atoms with Crippen molar-refractivity contribution in [1.29, 1.82) is 0 Å². The maximum absolute atomic E-state index is 11.3. The summed E-state index contributed by atoms with van der Waals surface area (Å²) in [5.74, 6) is 0.394. The highest BCUT2D eigenvalue weighted by molar-refractivity contribution is 5.81. The van der Waals surface area contributed by atoms with Crippen LogP contribution in [-0.2, 0) is 25.5 Å². The number of carbonyl (C=O) groups excluding carboxylic acids is 2. The summed E-state index contributed by atoms with van der Waals surface area (Å²) in [6.45, 7) is 7.84. The van der Waals surface area contributed by atoms with Gasteiger partial charge >= 0.3 is 11.9 Å². The molecule has 0 N–H and O–H groups in total. The van der Waals surface area contributed by atoms with Gasteiger partial charge in [0.1, 0.15) is 0 Å². The molecule has 35 heavy (non-hydrogen) atoms. The smallest absolute Gasteiger partial charge is 0.330 e. The Labute approximate surface area is 210 Å². The highest BCUT2D eigenvalue weighted by Crippen LogP contribution is 2.36. The lowest BCUT2D eigenvalue weighted by molar-refractivity contribution is -0.139. The minimum atomic E-state index is -0.340. The minimum absolute atomic E-state index is 0.323. The van der Waals surface area contributed by atoms with Crippen LogP contribution in [0.3, 0.4) is 0 Å². The van der Waals surface area contributed by atoms with E-state index in [0.717, 1.165) is 57.8 Å². The summed E-state index contributed by atoms with van der Waals surface area (Å²) in [5.41, 5.74) is 5.27. The van der Waals surface area contributed by atoms with Gasteiger partial charge in [0.2, 0.25) is 0 Å². The molecule has 3 rings (SSSR count). The van der Waals surface area contributed by atoms with Crippen molar-refractivity contribution < 1.29 is 19.1 Å². The van der Waals surface area contributed by atoms with Gasteiger partial charge in [0.25, 0.3) is 0 Å². The molecule has 1 aliphatic rings. The second-order valence-electron chi connectivity index (χ2n) is 9.41. The first kappa shape index (κ1) is 26.5. The zero-order valence-corrected chi connectivity index (χ0v) is 20.8. The molecule has 4 heteroatoms. The third-order valence-corrected chi connectivity index (χ3v) is 6.91. The van der Waals surface area contributed by atoms with Crippen molar-refractivity contribution in [2.24, 2.45) is 5.92 Å². The van der Waals surface area contributed by atoms with Gasteiger partial charge in [-0.15, -0.1) is 0 Å². The van der Waals surface area contributed by atoms with Crippen LogP contribution in [0.2, 0.25) is 0 Å². The number of hydrogen-bond donors (Lipinski definition) is 0. The van der Waals surface area contributed by atoms with E-state index in [2.05, 4.69) is 61.7 Å². The first-order chi connectivity index (χ1) is 17.1. The number of ether oxygens (including phenoxy) is 2. The molecule has 4 nitrogen and oxygen atoms in total. The van der Waals surface area contributed by atoms with Crippen LogP contribution < -0.4 is 0 Å². The minimum Gasteiger partial charge on any atom is -0.463 e. The van der Waals surface area contributed by atoms with E-state index in [1.54, 1.807) is 0 Å². The van der Waals surface area contributed by atoms with Crippen LogP contribution in [-0.4, -0.2) is 25.2 Å². The summed E-state index contributed by atoms with van der Waals surface area (Å²) < 4.78 is 10.2. The molecule has 1 aliphatic carbocycles. The second-order valence-corrected chi connectivity index (χ2v) is 9.41. The maximum atomic E-state index is 11.3. The molecular weight excluding hydrogens is 436 g/mol. The van der Waals surface area contributed by atoms with E-state index in [4.69, 9.17) is 9.47 Å². The first-order valence-electron chi connectivity index (χ1n) is 12.9. The van der Waals surface area contributed by atoms with Gasteiger partial charge in [0, 0.05) is 12.2 Å². The molecule has 186 valence electrons. The molecule has 1 saturated carbocycles. The van der Waals surface area contributed by atoms with Gasteiger partial charge < -0.3 is 9.47 Å². The van der Waals surface area contributed by atoms with E-state index >= 15 is 0 Å². The van der Waals surface area contributed by atoms with E-state index in [9.17, 15) is 9.59 Å². The number of carbonyl (C=O) groups is 2. The molecular formula is C31H38O4. The Morgan fingerprint density at radius 1 is 0.743 bits per heavy atom. The number of benzene rings is 2. The Morgan fingerprint density at radius 3 is 1.94 bits per heavy atom. The maximum Gasteiger partial charge on any atom is 0.330 e. The quantitative estimate of drug-likeness (QED) is 0.175. The van der Waals surface area contributed by atoms with Crippen LogP contribution >= 0.6 is 0 Å². The van der Waals surface area contributed by atoms with E-state index in [-0.39, 0.29) is 11.9 Å². The molecule has 0 aliphatic heterocycles. The number of aryl methyl sites for hydroxylation is 1. The van der Waals surface area contributed by atoms with Gasteiger partial charge in [-0.25, -0.2) is 9.59 Å². The van der Waals surface area contributed by atoms with Crippen molar-refractivity contribution in [2.45, 2.75) is 63.7 Å². The SMILES string of the molecule is C=CC(=O)OCCCCCCc1ccc(-c2ccc(C3CCC(COC(=O)C=C)CC3)cc2)cc1. The van der Waals surface area contributed by atoms with Crippen molar-refractivity contribution >= 4 is 11.9 Å². The normalized spacial score (nSPS) is 17.4. The zero-order valence-electron chi connectivity index (χ0n) is 20.8. The van der Waals surface area contributed by atoms with Gasteiger partial charge in [-0.05, 0) is 79.0 Å².